The van der Waals surface area contributed by atoms with Crippen LogP contribution in [0, 0.1) is 83.1 Å². The summed E-state index contributed by atoms with van der Waals surface area (Å²) in [7, 11) is 0. The second-order valence-electron chi connectivity index (χ2n) is 16.9. The van der Waals surface area contributed by atoms with Crippen LogP contribution in [0.5, 0.6) is 0 Å². The maximum atomic E-state index is 10.8. The van der Waals surface area contributed by atoms with Crippen LogP contribution in [-0.4, -0.2) is 86.6 Å². The summed E-state index contributed by atoms with van der Waals surface area (Å²) in [5, 5.41) is 71.7. The molecule has 0 aliphatic heterocycles. The summed E-state index contributed by atoms with van der Waals surface area (Å²) in [5.74, 6) is -17.8. The Morgan fingerprint density at radius 1 is 0.286 bits per heavy atom. The third-order valence-electron chi connectivity index (χ3n) is 10.4. The first-order valence-corrected chi connectivity index (χ1v) is 26.0. The number of H-pyrrole nitrogens is 4. The van der Waals surface area contributed by atoms with E-state index >= 15 is 0 Å². The maximum absolute atomic E-state index is 10.8. The topological polar surface area (TPSA) is 418 Å². The quantitative estimate of drug-likeness (QED) is 0.184. The van der Waals surface area contributed by atoms with Crippen molar-refractivity contribution >= 4 is 139 Å². The second-order valence-corrected chi connectivity index (χ2v) is 19.9. The number of aryl methyl sites for hydroxylation is 12. The summed E-state index contributed by atoms with van der Waals surface area (Å²) in [6, 6.07) is 0. The lowest BCUT2D eigenvalue weighted by molar-refractivity contribution is -0.390. The number of halogens is 8. The lowest BCUT2D eigenvalue weighted by Crippen LogP contribution is -2.26. The van der Waals surface area contributed by atoms with Crippen LogP contribution in [0.3, 0.4) is 0 Å². The number of carbonyl (C=O) groups excluding carboxylic acids is 8. The van der Waals surface area contributed by atoms with E-state index in [1.165, 1.54) is 0 Å². The first-order valence-electron chi connectivity index (χ1n) is 23.0. The first kappa shape index (κ1) is 74.3. The fraction of sp³-hybridized carbons (Fsp3) is 0.231. The fourth-order valence-electron chi connectivity index (χ4n) is 5.25. The molecule has 4 aromatic rings. The SMILES string of the molecule is Cc1c[nH+]c(C)c(C)n1.Cc1c[nH+]c(C)c(C)n1.Cc1c[nH+]c(C)c(C)n1.Cc1c[nH+]c(C)c(C)n1.O=C1C(O)=C(Cl)C(=O)C([O-])=C1Cl.O=C1C(O)=C(Cl)C(=O)C([O-])=C1Cl.O=C1C(O)=C(Cl)C(=O)C([O-])=C1Cl.O=C1C(O)=C(Cl)C(=O)C([O-])=C1Cl. The summed E-state index contributed by atoms with van der Waals surface area (Å²) in [6.07, 6.45) is 7.62. The van der Waals surface area contributed by atoms with Crippen LogP contribution in [0.25, 0.3) is 0 Å². The van der Waals surface area contributed by atoms with Crippen molar-refractivity contribution in [1.82, 2.24) is 19.9 Å². The van der Waals surface area contributed by atoms with E-state index in [4.69, 9.17) is 113 Å². The van der Waals surface area contributed by atoms with Crippen LogP contribution in [0.2, 0.25) is 0 Å². The maximum Gasteiger partial charge on any atom is 0.239 e. The molecule has 4 aromatic heterocycles. The number of aromatic nitrogens is 8. The van der Waals surface area contributed by atoms with Gasteiger partial charge in [-0.05, 0) is 78.4 Å². The molecule has 0 fully saturated rings. The summed E-state index contributed by atoms with van der Waals surface area (Å²) in [6.45, 7) is 24.0. The molecule has 8 rings (SSSR count). The molecule has 4 aliphatic carbocycles. The molecule has 4 aliphatic rings. The van der Waals surface area contributed by atoms with Crippen LogP contribution in [0.4, 0.5) is 0 Å². The number of Topliss-reactive ketones (excluding diaryl/α,β-unsaturated/α-hetero) is 8. The van der Waals surface area contributed by atoms with Gasteiger partial charge in [0.25, 0.3) is 0 Å². The van der Waals surface area contributed by atoms with Gasteiger partial charge < -0.3 is 40.9 Å². The lowest BCUT2D eigenvalue weighted by Gasteiger charge is -2.17. The van der Waals surface area contributed by atoms with E-state index in [1.54, 1.807) is 0 Å². The molecule has 0 saturated carbocycles. The smallest absolute Gasteiger partial charge is 0.239 e. The largest absolute Gasteiger partial charge is 0.869 e. The molecule has 0 spiro atoms. The van der Waals surface area contributed by atoms with Crippen molar-refractivity contribution in [3.63, 3.8) is 0 Å². The molecule has 0 atom stereocenters. The van der Waals surface area contributed by atoms with E-state index in [0.717, 1.165) is 68.3 Å². The standard InChI is InChI=1S/4C7H10N2.4C6H2Cl2O4/c4*1-5-4-8-6(2)7(3)9-5;4*7-1-3(9)5(11)2(8)6(12)4(1)10/h4*4H,1-3H3;4*9,12H. The number of rotatable bonds is 0. The molecule has 8 N–H and O–H groups in total. The Hall–Kier alpha value is -7.68. The number of carbonyl (C=O) groups is 8. The molecule has 24 nitrogen and oxygen atoms in total. The summed E-state index contributed by atoms with van der Waals surface area (Å²) >= 11 is 41.0. The van der Waals surface area contributed by atoms with E-state index in [2.05, 4.69) is 39.9 Å². The molecule has 4 heterocycles. The molecule has 0 aromatic carbocycles. The van der Waals surface area contributed by atoms with Crippen molar-refractivity contribution in [3.8, 4) is 0 Å². The predicted octanol–water partition coefficient (Wildman–Crippen LogP) is 3.11. The summed E-state index contributed by atoms with van der Waals surface area (Å²) in [5.41, 5.74) is 13.0. The minimum absolute atomic E-state index is 0.783. The highest BCUT2D eigenvalue weighted by molar-refractivity contribution is 6.57. The van der Waals surface area contributed by atoms with Crippen molar-refractivity contribution in [2.24, 2.45) is 0 Å². The van der Waals surface area contributed by atoms with E-state index < -0.39 is 133 Å². The normalized spacial score (nSPS) is 15.1. The Balaban J connectivity index is 0.000000482. The fourth-order valence-corrected chi connectivity index (χ4v) is 6.63. The second kappa shape index (κ2) is 33.0. The zero-order valence-corrected chi connectivity index (χ0v) is 51.9. The molecule has 0 radical (unpaired) electrons. The number of allylic oxidation sites excluding steroid dienone is 8. The molecule has 448 valence electrons. The van der Waals surface area contributed by atoms with Gasteiger partial charge in [0.2, 0.25) is 23.1 Å². The van der Waals surface area contributed by atoms with Gasteiger partial charge in [0, 0.05) is 27.7 Å². The van der Waals surface area contributed by atoms with Gasteiger partial charge in [0.1, 0.15) is 65.7 Å². The summed E-state index contributed by atoms with van der Waals surface area (Å²) in [4.78, 5) is 115. The highest BCUT2D eigenvalue weighted by Gasteiger charge is 2.31. The zero-order chi connectivity index (χ0) is 65.3. The Bertz CT molecular complexity index is 2940. The number of nitrogens with one attached hydrogen (secondary N) is 4. The van der Waals surface area contributed by atoms with Crippen LogP contribution < -0.4 is 40.4 Å². The average molecular weight is 1320 g/mol. The van der Waals surface area contributed by atoms with Crippen LogP contribution in [0.15, 0.2) is 111 Å². The van der Waals surface area contributed by atoms with Crippen molar-refractivity contribution in [2.45, 2.75) is 83.1 Å². The predicted molar refractivity (Wildman–Crippen MR) is 294 cm³/mol. The van der Waals surface area contributed by atoms with Gasteiger partial charge in [-0.25, -0.2) is 39.9 Å². The van der Waals surface area contributed by atoms with Gasteiger partial charge in [0.05, 0.1) is 20.1 Å². The summed E-state index contributed by atoms with van der Waals surface area (Å²) < 4.78 is 0. The number of nitrogens with zero attached hydrogens (tertiary/aromatic N) is 4. The third kappa shape index (κ3) is 20.3. The molecule has 32 heteroatoms. The Labute approximate surface area is 517 Å². The Morgan fingerprint density at radius 2 is 0.429 bits per heavy atom. The third-order valence-corrected chi connectivity index (χ3v) is 13.2. The number of aromatic amines is 4. The Morgan fingerprint density at radius 3 is 0.548 bits per heavy atom. The lowest BCUT2D eigenvalue weighted by atomic mass is 10.1. The van der Waals surface area contributed by atoms with E-state index in [-0.39, 0.29) is 0 Å². The van der Waals surface area contributed by atoms with Crippen LogP contribution in [0.1, 0.15) is 68.3 Å². The molecular weight excluding hydrogens is 1280 g/mol. The monoisotopic (exact) mass is 1320 g/mol. The number of hydrogen-bond acceptors (Lipinski definition) is 20. The van der Waals surface area contributed by atoms with E-state index in [0.29, 0.717) is 0 Å². The van der Waals surface area contributed by atoms with Crippen LogP contribution >= 0.6 is 92.8 Å². The molecule has 0 unspecified atom stereocenters. The van der Waals surface area contributed by atoms with Crippen LogP contribution in [-0.2, 0) is 38.4 Å². The van der Waals surface area contributed by atoms with Crippen molar-refractivity contribution < 1.29 is 99.1 Å². The van der Waals surface area contributed by atoms with Crippen molar-refractivity contribution in [2.75, 3.05) is 0 Å². The van der Waals surface area contributed by atoms with Gasteiger partial charge in [-0.2, -0.15) is 0 Å². The molecule has 0 bridgehead atoms. The Kier molecular flexibility index (Phi) is 29.2. The number of aliphatic hydroxyl groups is 4. The highest BCUT2D eigenvalue weighted by Crippen LogP contribution is 2.28. The number of hydrogen-bond donors (Lipinski definition) is 4. The average Bonchev–Trinajstić information content (AvgIpc) is 3.02. The molecule has 0 amide bonds. The molecule has 0 saturated heterocycles. The van der Waals surface area contributed by atoms with E-state index in [9.17, 15) is 58.8 Å². The van der Waals surface area contributed by atoms with Gasteiger partial charge >= 0.3 is 0 Å². The van der Waals surface area contributed by atoms with Crippen molar-refractivity contribution in [3.05, 3.63) is 179 Å². The van der Waals surface area contributed by atoms with Gasteiger partial charge in [-0.3, -0.25) is 38.4 Å². The van der Waals surface area contributed by atoms with Gasteiger partial charge in [-0.15, -0.1) is 0 Å². The minimum Gasteiger partial charge on any atom is -0.869 e. The zero-order valence-electron chi connectivity index (χ0n) is 45.8. The van der Waals surface area contributed by atoms with Gasteiger partial charge in [0.15, 0.2) is 93.7 Å². The number of aliphatic hydroxyl groups excluding tert-OH is 4. The van der Waals surface area contributed by atoms with Crippen molar-refractivity contribution in [1.29, 1.82) is 0 Å². The minimum atomic E-state index is -1.19. The highest BCUT2D eigenvalue weighted by atomic mass is 35.5. The first-order chi connectivity index (χ1) is 38.6. The van der Waals surface area contributed by atoms with E-state index in [1.807, 2.05) is 108 Å². The molecular formula is C52H48Cl8N8O16. The van der Waals surface area contributed by atoms with Gasteiger partial charge in [-0.1, -0.05) is 92.8 Å². The number of ketones is 8. The molecule has 84 heavy (non-hydrogen) atoms.